The maximum Gasteiger partial charge on any atom is 0.221 e. The summed E-state index contributed by atoms with van der Waals surface area (Å²) < 4.78 is 22.5. The molecule has 1 heterocycles. The van der Waals surface area contributed by atoms with Crippen LogP contribution in [0.15, 0.2) is 11.6 Å². The Balaban J connectivity index is 2.36. The van der Waals surface area contributed by atoms with Gasteiger partial charge in [0.2, 0.25) is 17.4 Å². The highest BCUT2D eigenvalue weighted by molar-refractivity contribution is 6.09. The van der Waals surface area contributed by atoms with E-state index in [2.05, 4.69) is 11.8 Å². The van der Waals surface area contributed by atoms with Crippen LogP contribution in [0, 0.1) is 17.3 Å². The molecule has 0 unspecified atom stereocenters. The minimum Gasteiger partial charge on any atom is -0.385 e. The molecule has 1 spiro atoms. The molecule has 134 valence electrons. The fraction of sp³-hybridized carbons (Fsp3) is 0.722. The van der Waals surface area contributed by atoms with Crippen LogP contribution < -0.4 is 0 Å². The largest absolute Gasteiger partial charge is 0.385 e. The summed E-state index contributed by atoms with van der Waals surface area (Å²) in [5.41, 5.74) is -1.62. The van der Waals surface area contributed by atoms with Gasteiger partial charge in [0.05, 0.1) is 12.2 Å². The maximum absolute atomic E-state index is 12.9. The highest BCUT2D eigenvalue weighted by Crippen LogP contribution is 2.45. The van der Waals surface area contributed by atoms with Gasteiger partial charge in [-0.3, -0.25) is 4.79 Å². The van der Waals surface area contributed by atoms with Crippen molar-refractivity contribution in [2.24, 2.45) is 5.41 Å². The van der Waals surface area contributed by atoms with E-state index in [0.717, 1.165) is 0 Å². The van der Waals surface area contributed by atoms with Gasteiger partial charge in [-0.1, -0.05) is 11.8 Å². The molecule has 1 saturated heterocycles. The third kappa shape index (κ3) is 2.92. The Morgan fingerprint density at radius 2 is 1.83 bits per heavy atom. The van der Waals surface area contributed by atoms with Gasteiger partial charge in [-0.05, 0) is 40.7 Å². The lowest BCUT2D eigenvalue weighted by molar-refractivity contribution is -0.448. The van der Waals surface area contributed by atoms with Crippen molar-refractivity contribution < 1.29 is 28.8 Å². The predicted molar refractivity (Wildman–Crippen MR) is 86.9 cm³/mol. The minimum atomic E-state index is -1.58. The third-order valence-electron chi connectivity index (χ3n) is 4.55. The summed E-state index contributed by atoms with van der Waals surface area (Å²) in [6.07, 6.45) is 0.237. The van der Waals surface area contributed by atoms with Gasteiger partial charge in [-0.2, -0.15) is 0 Å². The Morgan fingerprint density at radius 3 is 2.33 bits per heavy atom. The van der Waals surface area contributed by atoms with E-state index in [-0.39, 0.29) is 17.6 Å². The summed E-state index contributed by atoms with van der Waals surface area (Å²) in [5, 5.41) is 10.5. The van der Waals surface area contributed by atoms with Crippen molar-refractivity contribution in [3.8, 4) is 11.8 Å². The van der Waals surface area contributed by atoms with Crippen LogP contribution in [0.5, 0.6) is 0 Å². The summed E-state index contributed by atoms with van der Waals surface area (Å²) in [6.45, 7) is 8.93. The molecule has 0 amide bonds. The van der Waals surface area contributed by atoms with Gasteiger partial charge in [0.1, 0.15) is 6.10 Å². The molecule has 1 fully saturated rings. The van der Waals surface area contributed by atoms with E-state index in [1.54, 1.807) is 13.8 Å². The zero-order valence-corrected chi connectivity index (χ0v) is 15.4. The quantitative estimate of drug-likeness (QED) is 0.768. The molecule has 24 heavy (non-hydrogen) atoms. The van der Waals surface area contributed by atoms with Crippen molar-refractivity contribution in [2.45, 2.75) is 57.9 Å². The molecular formula is C18H26O6. The number of rotatable bonds is 2. The third-order valence-corrected chi connectivity index (χ3v) is 4.55. The van der Waals surface area contributed by atoms with Gasteiger partial charge in [0.25, 0.3) is 0 Å². The van der Waals surface area contributed by atoms with Crippen molar-refractivity contribution >= 4 is 5.78 Å². The van der Waals surface area contributed by atoms with Crippen LogP contribution in [-0.4, -0.2) is 55.0 Å². The molecule has 4 atom stereocenters. The molecule has 1 aliphatic carbocycles. The minimum absolute atomic E-state index is 0.159. The Morgan fingerprint density at radius 1 is 1.25 bits per heavy atom. The lowest BCUT2D eigenvalue weighted by Crippen LogP contribution is -2.70. The second-order valence-corrected chi connectivity index (χ2v) is 7.43. The van der Waals surface area contributed by atoms with Crippen molar-refractivity contribution in [1.29, 1.82) is 0 Å². The van der Waals surface area contributed by atoms with Crippen LogP contribution in [0.3, 0.4) is 0 Å². The number of carbonyl (C=O) groups excluding carboxylic acids is 1. The zero-order chi connectivity index (χ0) is 18.4. The number of ether oxygens (including phenoxy) is 4. The van der Waals surface area contributed by atoms with Crippen LogP contribution in [0.1, 0.15) is 34.6 Å². The Hall–Kier alpha value is -1.23. The van der Waals surface area contributed by atoms with E-state index in [1.165, 1.54) is 20.3 Å². The number of aliphatic hydroxyl groups excluding tert-OH is 1. The van der Waals surface area contributed by atoms with Crippen molar-refractivity contribution in [3.63, 3.8) is 0 Å². The van der Waals surface area contributed by atoms with Crippen LogP contribution >= 0.6 is 0 Å². The number of Topliss-reactive ketones (excluding diaryl/α,β-unsaturated/α-hetero) is 1. The molecule has 1 aliphatic heterocycles. The smallest absolute Gasteiger partial charge is 0.221 e. The monoisotopic (exact) mass is 338 g/mol. The maximum atomic E-state index is 12.9. The summed E-state index contributed by atoms with van der Waals surface area (Å²) in [5.74, 6) is 2.84. The molecule has 1 N–H and O–H groups in total. The van der Waals surface area contributed by atoms with E-state index in [1.807, 2.05) is 20.8 Å². The highest BCUT2D eigenvalue weighted by atomic mass is 16.8. The topological polar surface area (TPSA) is 74.2 Å². The predicted octanol–water partition coefficient (Wildman–Crippen LogP) is 1.42. The summed E-state index contributed by atoms with van der Waals surface area (Å²) in [7, 11) is 2.89. The number of hydrogen-bond acceptors (Lipinski definition) is 6. The van der Waals surface area contributed by atoms with Gasteiger partial charge in [-0.15, -0.1) is 0 Å². The van der Waals surface area contributed by atoms with Gasteiger partial charge in [-0.25, -0.2) is 0 Å². The Kier molecular flexibility index (Phi) is 4.73. The molecule has 0 aromatic carbocycles. The number of methoxy groups -OCH3 is 2. The van der Waals surface area contributed by atoms with Gasteiger partial charge >= 0.3 is 0 Å². The van der Waals surface area contributed by atoms with Crippen molar-refractivity contribution in [3.05, 3.63) is 11.6 Å². The van der Waals surface area contributed by atoms with Crippen LogP contribution in [-0.2, 0) is 23.7 Å². The van der Waals surface area contributed by atoms with Crippen LogP contribution in [0.25, 0.3) is 0 Å². The molecule has 2 rings (SSSR count). The lowest BCUT2D eigenvalue weighted by Gasteiger charge is -2.52. The number of carbonyl (C=O) groups is 1. The number of ketones is 1. The van der Waals surface area contributed by atoms with E-state index >= 15 is 0 Å². The first-order chi connectivity index (χ1) is 10.9. The summed E-state index contributed by atoms with van der Waals surface area (Å²) in [6, 6.07) is 0. The molecule has 0 aromatic heterocycles. The van der Waals surface area contributed by atoms with E-state index in [9.17, 15) is 9.90 Å². The SMILES string of the molecule is CO[C@]1(C)OC[C@]2(O[C@@]1(C)OC)C(=O)C(C#CC(C)(C)C)=C[C@H]2O. The highest BCUT2D eigenvalue weighted by Gasteiger charge is 2.64. The van der Waals surface area contributed by atoms with E-state index in [0.29, 0.717) is 0 Å². The zero-order valence-electron chi connectivity index (χ0n) is 15.4. The summed E-state index contributed by atoms with van der Waals surface area (Å²) >= 11 is 0. The summed E-state index contributed by atoms with van der Waals surface area (Å²) in [4.78, 5) is 12.9. The average molecular weight is 338 g/mol. The van der Waals surface area contributed by atoms with Gasteiger partial charge < -0.3 is 24.1 Å². The number of hydrogen-bond donors (Lipinski definition) is 1. The fourth-order valence-corrected chi connectivity index (χ4v) is 2.66. The first-order valence-electron chi connectivity index (χ1n) is 7.85. The van der Waals surface area contributed by atoms with Gasteiger partial charge in [0.15, 0.2) is 5.60 Å². The van der Waals surface area contributed by atoms with Crippen LogP contribution in [0.4, 0.5) is 0 Å². The molecule has 6 heteroatoms. The molecule has 0 radical (unpaired) electrons. The first-order valence-corrected chi connectivity index (χ1v) is 7.85. The Labute approximate surface area is 143 Å². The van der Waals surface area contributed by atoms with E-state index < -0.39 is 29.1 Å². The van der Waals surface area contributed by atoms with Crippen LogP contribution in [0.2, 0.25) is 0 Å². The standard InChI is InChI=1S/C18H26O6/c1-15(2,3)9-8-12-10-13(19)18(14(12)20)11-23-16(4,21-6)17(5,22-7)24-18/h10,13,19H,11H2,1-7H3/t13-,16-,17-,18-/m1/s1. The van der Waals surface area contributed by atoms with Crippen molar-refractivity contribution in [2.75, 3.05) is 20.8 Å². The van der Waals surface area contributed by atoms with E-state index in [4.69, 9.17) is 18.9 Å². The lowest BCUT2D eigenvalue weighted by atomic mass is 9.92. The normalized spacial score (nSPS) is 39.6. The second-order valence-electron chi connectivity index (χ2n) is 7.43. The average Bonchev–Trinajstić information content (AvgIpc) is 2.73. The number of aliphatic hydroxyl groups is 1. The van der Waals surface area contributed by atoms with Crippen molar-refractivity contribution in [1.82, 2.24) is 0 Å². The molecule has 0 saturated carbocycles. The second kappa shape index (κ2) is 5.94. The molecular weight excluding hydrogens is 312 g/mol. The first kappa shape index (κ1) is 19.1. The fourth-order valence-electron chi connectivity index (χ4n) is 2.66. The Bertz CT molecular complexity index is 622. The molecule has 6 nitrogen and oxygen atoms in total. The molecule has 2 aliphatic rings. The molecule has 0 bridgehead atoms. The van der Waals surface area contributed by atoms with Gasteiger partial charge in [0, 0.05) is 19.6 Å². The molecule has 0 aromatic rings.